The Morgan fingerprint density at radius 2 is 1.97 bits per heavy atom. The lowest BCUT2D eigenvalue weighted by molar-refractivity contribution is -0.137. The number of alkyl halides is 3. The lowest BCUT2D eigenvalue weighted by atomic mass is 10.1. The zero-order valence-electron chi connectivity index (χ0n) is 16.6. The lowest BCUT2D eigenvalue weighted by Gasteiger charge is -2.07. The highest BCUT2D eigenvalue weighted by Crippen LogP contribution is 2.29. The van der Waals surface area contributed by atoms with E-state index in [1.807, 2.05) is 31.2 Å². The molecule has 0 saturated carbocycles. The molecule has 3 rings (SSSR count). The van der Waals surface area contributed by atoms with Gasteiger partial charge in [-0.1, -0.05) is 47.7 Å². The maximum atomic E-state index is 12.7. The predicted octanol–water partition coefficient (Wildman–Crippen LogP) is 4.49. The fraction of sp³-hybridized carbons (Fsp3) is 0.227. The Morgan fingerprint density at radius 3 is 2.68 bits per heavy atom. The van der Waals surface area contributed by atoms with Crippen LogP contribution in [0.2, 0.25) is 0 Å². The van der Waals surface area contributed by atoms with Crippen molar-refractivity contribution in [3.05, 3.63) is 70.0 Å². The first-order valence-electron chi connectivity index (χ1n) is 9.39. The number of rotatable bonds is 5. The molecular weight excluding hydrogens is 425 g/mol. The minimum absolute atomic E-state index is 0.0245. The van der Waals surface area contributed by atoms with E-state index >= 15 is 0 Å². The summed E-state index contributed by atoms with van der Waals surface area (Å²) in [7, 11) is 0. The van der Waals surface area contributed by atoms with Gasteiger partial charge in [0.2, 0.25) is 5.91 Å². The molecule has 1 aromatic heterocycles. The van der Waals surface area contributed by atoms with Crippen LogP contribution in [0, 0.1) is 23.5 Å². The number of aromatic amines is 1. The second-order valence-electron chi connectivity index (χ2n) is 6.78. The van der Waals surface area contributed by atoms with Gasteiger partial charge in [0.15, 0.2) is 10.6 Å². The Kier molecular flexibility index (Phi) is 6.92. The molecule has 0 atom stereocenters. The van der Waals surface area contributed by atoms with E-state index in [0.717, 1.165) is 23.3 Å². The molecular formula is C22H19F3N4OS. The monoisotopic (exact) mass is 444 g/mol. The molecule has 5 nitrogen and oxygen atoms in total. The van der Waals surface area contributed by atoms with Gasteiger partial charge in [-0.05, 0) is 37.3 Å². The van der Waals surface area contributed by atoms with Gasteiger partial charge in [-0.2, -0.15) is 18.3 Å². The summed E-state index contributed by atoms with van der Waals surface area (Å²) >= 11 is 5.26. The van der Waals surface area contributed by atoms with E-state index in [-0.39, 0.29) is 24.4 Å². The van der Waals surface area contributed by atoms with E-state index in [1.54, 1.807) is 4.57 Å². The predicted molar refractivity (Wildman–Crippen MR) is 114 cm³/mol. The number of aryl methyl sites for hydroxylation is 1. The minimum atomic E-state index is -4.42. The highest BCUT2D eigenvalue weighted by Gasteiger charge is 2.30. The summed E-state index contributed by atoms with van der Waals surface area (Å²) in [6, 6.07) is 12.5. The first-order valence-corrected chi connectivity index (χ1v) is 9.80. The second-order valence-corrected chi connectivity index (χ2v) is 7.16. The van der Waals surface area contributed by atoms with Crippen LogP contribution in [0.5, 0.6) is 0 Å². The summed E-state index contributed by atoms with van der Waals surface area (Å²) in [5.41, 5.74) is 1.47. The third-order valence-corrected chi connectivity index (χ3v) is 4.74. The first-order chi connectivity index (χ1) is 14.7. The van der Waals surface area contributed by atoms with Gasteiger partial charge in [0.05, 0.1) is 12.1 Å². The first kappa shape index (κ1) is 22.3. The number of carbonyl (C=O) groups is 1. The van der Waals surface area contributed by atoms with Crippen LogP contribution in [0.1, 0.15) is 23.1 Å². The van der Waals surface area contributed by atoms with E-state index < -0.39 is 11.7 Å². The number of benzene rings is 2. The van der Waals surface area contributed by atoms with Crippen LogP contribution in [-0.2, 0) is 17.5 Å². The molecule has 3 aromatic rings. The van der Waals surface area contributed by atoms with Gasteiger partial charge >= 0.3 is 6.18 Å². The van der Waals surface area contributed by atoms with Crippen molar-refractivity contribution in [3.63, 3.8) is 0 Å². The number of carbonyl (C=O) groups excluding carboxylic acids is 1. The maximum absolute atomic E-state index is 12.7. The van der Waals surface area contributed by atoms with Crippen molar-refractivity contribution in [2.24, 2.45) is 0 Å². The summed E-state index contributed by atoms with van der Waals surface area (Å²) in [5.74, 6) is 5.68. The Bertz CT molecular complexity index is 1180. The highest BCUT2D eigenvalue weighted by molar-refractivity contribution is 7.71. The number of hydrogen-bond acceptors (Lipinski definition) is 3. The third kappa shape index (κ3) is 6.06. The smallest absolute Gasteiger partial charge is 0.345 e. The van der Waals surface area contributed by atoms with Crippen LogP contribution in [0.3, 0.4) is 0 Å². The molecule has 1 heterocycles. The van der Waals surface area contributed by atoms with E-state index in [0.29, 0.717) is 17.1 Å². The lowest BCUT2D eigenvalue weighted by Crippen LogP contribution is -2.24. The van der Waals surface area contributed by atoms with Crippen LogP contribution >= 0.6 is 12.2 Å². The fourth-order valence-corrected chi connectivity index (χ4v) is 3.04. The van der Waals surface area contributed by atoms with Crippen molar-refractivity contribution in [2.45, 2.75) is 26.1 Å². The number of nitrogens with one attached hydrogen (secondary N) is 2. The van der Waals surface area contributed by atoms with Gasteiger partial charge in [0.25, 0.3) is 0 Å². The Labute approximate surface area is 182 Å². The summed E-state index contributed by atoms with van der Waals surface area (Å²) in [6.07, 6.45) is -4.27. The molecule has 0 spiro atoms. The van der Waals surface area contributed by atoms with Gasteiger partial charge in [-0.25, -0.2) is 0 Å². The molecule has 0 aliphatic heterocycles. The number of H-pyrrole nitrogens is 1. The quantitative estimate of drug-likeness (QED) is 0.450. The van der Waals surface area contributed by atoms with Crippen molar-refractivity contribution >= 4 is 18.1 Å². The summed E-state index contributed by atoms with van der Waals surface area (Å²) in [6.45, 7) is 2.34. The molecule has 9 heteroatoms. The molecule has 0 radical (unpaired) electrons. The molecule has 2 N–H and O–H groups in total. The molecule has 0 unspecified atom stereocenters. The maximum Gasteiger partial charge on any atom is 0.416 e. The van der Waals surface area contributed by atoms with Crippen molar-refractivity contribution in [1.82, 2.24) is 20.1 Å². The topological polar surface area (TPSA) is 62.7 Å². The second kappa shape index (κ2) is 9.62. The van der Waals surface area contributed by atoms with Gasteiger partial charge in [-0.3, -0.25) is 14.5 Å². The molecule has 0 bridgehead atoms. The fourth-order valence-electron chi connectivity index (χ4n) is 2.81. The summed E-state index contributed by atoms with van der Waals surface area (Å²) in [5, 5.41) is 9.61. The average Bonchev–Trinajstić information content (AvgIpc) is 3.10. The number of hydrogen-bond donors (Lipinski definition) is 2. The molecule has 0 aliphatic rings. The van der Waals surface area contributed by atoms with Crippen LogP contribution in [-0.4, -0.2) is 27.2 Å². The van der Waals surface area contributed by atoms with E-state index in [4.69, 9.17) is 12.2 Å². The van der Waals surface area contributed by atoms with E-state index in [9.17, 15) is 18.0 Å². The van der Waals surface area contributed by atoms with Crippen molar-refractivity contribution in [3.8, 4) is 23.2 Å². The molecule has 0 saturated heterocycles. The Morgan fingerprint density at radius 1 is 1.23 bits per heavy atom. The Hall–Kier alpha value is -3.38. The summed E-state index contributed by atoms with van der Waals surface area (Å²) in [4.78, 5) is 12.1. The van der Waals surface area contributed by atoms with Crippen LogP contribution in [0.15, 0.2) is 48.5 Å². The SMILES string of the molecule is Cc1ccc(-c2n[nH]c(=S)n2CCC(=O)NCC#Cc2cccc(C(F)(F)F)c2)cc1. The summed E-state index contributed by atoms with van der Waals surface area (Å²) < 4.78 is 40.3. The zero-order valence-corrected chi connectivity index (χ0v) is 17.4. The number of aromatic nitrogens is 3. The third-order valence-electron chi connectivity index (χ3n) is 4.43. The zero-order chi connectivity index (χ0) is 22.4. The standard InChI is InChI=1S/C22H19F3N4OS/c1-15-7-9-17(10-8-15)20-27-28-21(31)29(20)13-11-19(30)26-12-3-5-16-4-2-6-18(14-16)22(23,24)25/h2,4,6-10,14H,11-13H2,1H3,(H,26,30)(H,28,31). The minimum Gasteiger partial charge on any atom is -0.345 e. The average molecular weight is 444 g/mol. The van der Waals surface area contributed by atoms with Crippen molar-refractivity contribution in [2.75, 3.05) is 6.54 Å². The largest absolute Gasteiger partial charge is 0.416 e. The number of nitrogens with zero attached hydrogens (tertiary/aromatic N) is 2. The van der Waals surface area contributed by atoms with Gasteiger partial charge in [-0.15, -0.1) is 0 Å². The number of amides is 1. The normalized spacial score (nSPS) is 11.0. The molecule has 2 aromatic carbocycles. The van der Waals surface area contributed by atoms with E-state index in [1.165, 1.54) is 12.1 Å². The van der Waals surface area contributed by atoms with Gasteiger partial charge in [0.1, 0.15) is 0 Å². The molecule has 1 amide bonds. The molecule has 160 valence electrons. The van der Waals surface area contributed by atoms with E-state index in [2.05, 4.69) is 27.4 Å². The highest BCUT2D eigenvalue weighted by atomic mass is 32.1. The molecule has 31 heavy (non-hydrogen) atoms. The van der Waals surface area contributed by atoms with Crippen molar-refractivity contribution in [1.29, 1.82) is 0 Å². The van der Waals surface area contributed by atoms with Crippen LogP contribution in [0.25, 0.3) is 11.4 Å². The van der Waals surface area contributed by atoms with Gasteiger partial charge < -0.3 is 5.32 Å². The van der Waals surface area contributed by atoms with Crippen LogP contribution < -0.4 is 5.32 Å². The van der Waals surface area contributed by atoms with Crippen molar-refractivity contribution < 1.29 is 18.0 Å². The van der Waals surface area contributed by atoms with Gasteiger partial charge in [0, 0.05) is 24.1 Å². The van der Waals surface area contributed by atoms with Crippen LogP contribution in [0.4, 0.5) is 13.2 Å². The molecule has 0 fully saturated rings. The number of halogens is 3. The Balaban J connectivity index is 1.56. The molecule has 0 aliphatic carbocycles.